The molecule has 2 N–H and O–H groups in total. The molecular weight excluding hydrogens is 186 g/mol. The summed E-state index contributed by atoms with van der Waals surface area (Å²) in [6.07, 6.45) is 3.46. The molecule has 0 fully saturated rings. The Labute approximate surface area is 88.6 Å². The average molecular weight is 197 g/mol. The van der Waals surface area contributed by atoms with Crippen molar-refractivity contribution in [1.82, 2.24) is 9.55 Å². The normalized spacial score (nSPS) is 9.40. The number of aryl methyl sites for hydroxylation is 1. The number of rotatable bonds is 0. The first-order valence-electron chi connectivity index (χ1n) is 4.59. The van der Waals surface area contributed by atoms with Crippen LogP contribution in [0.15, 0.2) is 36.8 Å². The number of aromatic nitrogens is 2. The van der Waals surface area contributed by atoms with E-state index in [0.29, 0.717) is 0 Å². The van der Waals surface area contributed by atoms with Crippen LogP contribution in [0.3, 0.4) is 0 Å². The van der Waals surface area contributed by atoms with Crippen LogP contribution in [0, 0.1) is 11.8 Å². The van der Waals surface area contributed by atoms with E-state index < -0.39 is 0 Å². The van der Waals surface area contributed by atoms with Gasteiger partial charge in [-0.05, 0) is 24.1 Å². The van der Waals surface area contributed by atoms with E-state index in [0.717, 1.165) is 16.9 Å². The molecule has 0 atom stereocenters. The van der Waals surface area contributed by atoms with Gasteiger partial charge >= 0.3 is 0 Å². The van der Waals surface area contributed by atoms with Gasteiger partial charge < -0.3 is 10.3 Å². The van der Waals surface area contributed by atoms with Gasteiger partial charge in [-0.15, -0.1) is 0 Å². The number of hydrogen-bond donors (Lipinski definition) is 1. The summed E-state index contributed by atoms with van der Waals surface area (Å²) in [6.45, 7) is 0. The highest BCUT2D eigenvalue weighted by molar-refractivity contribution is 5.48. The van der Waals surface area contributed by atoms with Crippen LogP contribution in [-0.4, -0.2) is 9.55 Å². The lowest BCUT2D eigenvalue weighted by Crippen LogP contribution is -1.88. The van der Waals surface area contributed by atoms with Gasteiger partial charge in [-0.25, -0.2) is 4.98 Å². The van der Waals surface area contributed by atoms with E-state index in [2.05, 4.69) is 16.8 Å². The Morgan fingerprint density at radius 3 is 2.87 bits per heavy atom. The van der Waals surface area contributed by atoms with Crippen molar-refractivity contribution in [2.24, 2.45) is 7.05 Å². The minimum atomic E-state index is 0.729. The van der Waals surface area contributed by atoms with Crippen molar-refractivity contribution in [1.29, 1.82) is 0 Å². The molecule has 0 unspecified atom stereocenters. The molecule has 0 aliphatic carbocycles. The number of imidazole rings is 1. The maximum atomic E-state index is 5.65. The maximum Gasteiger partial charge on any atom is 0.112 e. The van der Waals surface area contributed by atoms with Gasteiger partial charge in [0, 0.05) is 18.3 Å². The van der Waals surface area contributed by atoms with E-state index in [1.165, 1.54) is 0 Å². The first-order valence-corrected chi connectivity index (χ1v) is 4.59. The third-order valence-corrected chi connectivity index (χ3v) is 2.04. The van der Waals surface area contributed by atoms with Gasteiger partial charge in [0.25, 0.3) is 0 Å². The number of anilines is 1. The Bertz CT molecular complexity index is 529. The van der Waals surface area contributed by atoms with E-state index in [1.807, 2.05) is 35.9 Å². The number of nitrogen functional groups attached to an aromatic ring is 1. The minimum absolute atomic E-state index is 0.729. The molecule has 0 spiro atoms. The van der Waals surface area contributed by atoms with E-state index in [4.69, 9.17) is 5.73 Å². The summed E-state index contributed by atoms with van der Waals surface area (Å²) in [4.78, 5) is 3.99. The second-order valence-electron chi connectivity index (χ2n) is 3.27. The summed E-state index contributed by atoms with van der Waals surface area (Å²) in [5.74, 6) is 6.07. The Hall–Kier alpha value is -2.21. The highest BCUT2D eigenvalue weighted by Crippen LogP contribution is 2.05. The lowest BCUT2D eigenvalue weighted by molar-refractivity contribution is 0.899. The fraction of sp³-hybridized carbons (Fsp3) is 0.0833. The maximum absolute atomic E-state index is 5.65. The molecular formula is C12H11N3. The molecule has 74 valence electrons. The van der Waals surface area contributed by atoms with Gasteiger partial charge in [0.15, 0.2) is 0 Å². The van der Waals surface area contributed by atoms with Crippen molar-refractivity contribution in [3.8, 4) is 11.8 Å². The SMILES string of the molecule is Cn1cncc1C#Cc1cccc(N)c1. The number of nitrogens with zero attached hydrogens (tertiary/aromatic N) is 2. The molecule has 3 heteroatoms. The van der Waals surface area contributed by atoms with Gasteiger partial charge in [-0.1, -0.05) is 12.0 Å². The Balaban J connectivity index is 2.30. The van der Waals surface area contributed by atoms with Crippen molar-refractivity contribution in [2.45, 2.75) is 0 Å². The molecule has 0 aliphatic heterocycles. The molecule has 1 heterocycles. The molecule has 0 bridgehead atoms. The zero-order valence-electron chi connectivity index (χ0n) is 8.44. The van der Waals surface area contributed by atoms with E-state index in [9.17, 15) is 0 Å². The smallest absolute Gasteiger partial charge is 0.112 e. The van der Waals surface area contributed by atoms with E-state index in [-0.39, 0.29) is 0 Å². The Kier molecular flexibility index (Phi) is 2.42. The molecule has 0 radical (unpaired) electrons. The second kappa shape index (κ2) is 3.89. The molecule has 1 aromatic carbocycles. The summed E-state index contributed by atoms with van der Waals surface area (Å²) >= 11 is 0. The molecule has 3 nitrogen and oxygen atoms in total. The summed E-state index contributed by atoms with van der Waals surface area (Å²) in [5.41, 5.74) is 8.18. The Morgan fingerprint density at radius 2 is 2.20 bits per heavy atom. The number of hydrogen-bond acceptors (Lipinski definition) is 2. The molecule has 0 saturated carbocycles. The summed E-state index contributed by atoms with van der Waals surface area (Å²) in [5, 5.41) is 0. The summed E-state index contributed by atoms with van der Waals surface area (Å²) < 4.78 is 1.87. The van der Waals surface area contributed by atoms with Crippen LogP contribution >= 0.6 is 0 Å². The molecule has 0 amide bonds. The van der Waals surface area contributed by atoms with Crippen molar-refractivity contribution in [2.75, 3.05) is 5.73 Å². The predicted octanol–water partition coefficient (Wildman–Crippen LogP) is 1.40. The minimum Gasteiger partial charge on any atom is -0.399 e. The number of nitrogens with two attached hydrogens (primary N) is 1. The van der Waals surface area contributed by atoms with Crippen LogP contribution < -0.4 is 5.73 Å². The fourth-order valence-corrected chi connectivity index (χ4v) is 1.23. The lowest BCUT2D eigenvalue weighted by Gasteiger charge is -1.93. The lowest BCUT2D eigenvalue weighted by atomic mass is 10.2. The number of benzene rings is 1. The first-order chi connectivity index (χ1) is 7.25. The molecule has 1 aromatic heterocycles. The van der Waals surface area contributed by atoms with Crippen molar-refractivity contribution >= 4 is 5.69 Å². The standard InChI is InChI=1S/C12H11N3/c1-15-9-14-8-12(15)6-5-10-3-2-4-11(13)7-10/h2-4,7-9H,13H2,1H3. The van der Waals surface area contributed by atoms with Crippen LogP contribution in [0.25, 0.3) is 0 Å². The largest absolute Gasteiger partial charge is 0.399 e. The van der Waals surface area contributed by atoms with E-state index in [1.54, 1.807) is 12.5 Å². The highest BCUT2D eigenvalue weighted by atomic mass is 15.0. The van der Waals surface area contributed by atoms with Gasteiger partial charge in [0.1, 0.15) is 5.69 Å². The van der Waals surface area contributed by atoms with Crippen LogP contribution in [0.5, 0.6) is 0 Å². The van der Waals surface area contributed by atoms with Gasteiger partial charge in [-0.2, -0.15) is 0 Å². The van der Waals surface area contributed by atoms with Gasteiger partial charge in [0.2, 0.25) is 0 Å². The zero-order valence-corrected chi connectivity index (χ0v) is 8.44. The van der Waals surface area contributed by atoms with Crippen molar-refractivity contribution in [3.63, 3.8) is 0 Å². The zero-order chi connectivity index (χ0) is 10.7. The molecule has 2 rings (SSSR count). The third kappa shape index (κ3) is 2.18. The average Bonchev–Trinajstić information content (AvgIpc) is 2.61. The molecule has 0 saturated heterocycles. The van der Waals surface area contributed by atoms with Crippen LogP contribution in [0.2, 0.25) is 0 Å². The molecule has 2 aromatic rings. The summed E-state index contributed by atoms with van der Waals surface area (Å²) in [6, 6.07) is 7.51. The quantitative estimate of drug-likeness (QED) is 0.512. The van der Waals surface area contributed by atoms with Crippen molar-refractivity contribution < 1.29 is 0 Å². The monoisotopic (exact) mass is 197 g/mol. The predicted molar refractivity (Wildman–Crippen MR) is 60.0 cm³/mol. The van der Waals surface area contributed by atoms with Crippen molar-refractivity contribution in [3.05, 3.63) is 48.0 Å². The Morgan fingerprint density at radius 1 is 1.33 bits per heavy atom. The van der Waals surface area contributed by atoms with Crippen LogP contribution in [0.4, 0.5) is 5.69 Å². The van der Waals surface area contributed by atoms with Gasteiger partial charge in [-0.3, -0.25) is 0 Å². The second-order valence-corrected chi connectivity index (χ2v) is 3.27. The van der Waals surface area contributed by atoms with Gasteiger partial charge in [0.05, 0.1) is 12.5 Å². The summed E-state index contributed by atoms with van der Waals surface area (Å²) in [7, 11) is 1.91. The van der Waals surface area contributed by atoms with E-state index >= 15 is 0 Å². The molecule has 0 aliphatic rings. The molecule has 15 heavy (non-hydrogen) atoms. The third-order valence-electron chi connectivity index (χ3n) is 2.04. The fourth-order valence-electron chi connectivity index (χ4n) is 1.23. The highest BCUT2D eigenvalue weighted by Gasteiger charge is 1.91. The topological polar surface area (TPSA) is 43.8 Å². The van der Waals surface area contributed by atoms with Crippen LogP contribution in [-0.2, 0) is 7.05 Å². The first kappa shape index (κ1) is 9.35. The van der Waals surface area contributed by atoms with Crippen LogP contribution in [0.1, 0.15) is 11.3 Å².